The van der Waals surface area contributed by atoms with Crippen LogP contribution in [0.5, 0.6) is 5.75 Å². The first kappa shape index (κ1) is 20.2. The van der Waals surface area contributed by atoms with Gasteiger partial charge >= 0.3 is 0 Å². The van der Waals surface area contributed by atoms with Gasteiger partial charge in [-0.25, -0.2) is 8.42 Å². The maximum atomic E-state index is 13.1. The minimum atomic E-state index is -3.49. The SMILES string of the molecule is COc1cc(C)c(S(=O)(=O)N2CCNCC2C)cc1C(C)C.Cl. The molecule has 0 bridgehead atoms. The lowest BCUT2D eigenvalue weighted by Crippen LogP contribution is -2.52. The van der Waals surface area contributed by atoms with Crippen molar-refractivity contribution in [2.24, 2.45) is 0 Å². The summed E-state index contributed by atoms with van der Waals surface area (Å²) in [6.45, 7) is 9.72. The van der Waals surface area contributed by atoms with E-state index in [1.54, 1.807) is 17.5 Å². The number of hydrogen-bond donors (Lipinski definition) is 1. The summed E-state index contributed by atoms with van der Waals surface area (Å²) in [6.07, 6.45) is 0. The highest BCUT2D eigenvalue weighted by Crippen LogP contribution is 2.33. The van der Waals surface area contributed by atoms with Crippen LogP contribution in [0, 0.1) is 6.92 Å². The molecule has 132 valence electrons. The summed E-state index contributed by atoms with van der Waals surface area (Å²) in [7, 11) is -1.87. The lowest BCUT2D eigenvalue weighted by atomic mass is 10.0. The Morgan fingerprint density at radius 3 is 2.52 bits per heavy atom. The normalized spacial score (nSPS) is 19.5. The minimum absolute atomic E-state index is 0. The Morgan fingerprint density at radius 2 is 2.00 bits per heavy atom. The van der Waals surface area contributed by atoms with E-state index < -0.39 is 10.0 Å². The lowest BCUT2D eigenvalue weighted by Gasteiger charge is -2.33. The molecule has 0 aromatic heterocycles. The van der Waals surface area contributed by atoms with E-state index in [1.807, 2.05) is 33.8 Å². The molecule has 0 spiro atoms. The van der Waals surface area contributed by atoms with E-state index in [-0.39, 0.29) is 24.4 Å². The molecule has 1 unspecified atom stereocenters. The third kappa shape index (κ3) is 3.99. The quantitative estimate of drug-likeness (QED) is 0.894. The molecule has 1 aromatic rings. The Labute approximate surface area is 145 Å². The number of nitrogens with one attached hydrogen (secondary N) is 1. The van der Waals surface area contributed by atoms with Crippen LogP contribution in [-0.2, 0) is 10.0 Å². The van der Waals surface area contributed by atoms with Crippen molar-refractivity contribution in [3.05, 3.63) is 23.3 Å². The van der Waals surface area contributed by atoms with Gasteiger partial charge in [0.2, 0.25) is 10.0 Å². The fourth-order valence-corrected chi connectivity index (χ4v) is 4.76. The lowest BCUT2D eigenvalue weighted by molar-refractivity contribution is 0.283. The molecule has 1 heterocycles. The minimum Gasteiger partial charge on any atom is -0.496 e. The van der Waals surface area contributed by atoms with E-state index in [4.69, 9.17) is 4.74 Å². The number of sulfonamides is 1. The highest BCUT2D eigenvalue weighted by molar-refractivity contribution is 7.89. The van der Waals surface area contributed by atoms with Crippen molar-refractivity contribution in [3.8, 4) is 5.75 Å². The summed E-state index contributed by atoms with van der Waals surface area (Å²) in [4.78, 5) is 0.394. The topological polar surface area (TPSA) is 58.6 Å². The number of piperazine rings is 1. The predicted octanol–water partition coefficient (Wildman–Crippen LogP) is 2.53. The van der Waals surface area contributed by atoms with Gasteiger partial charge in [0, 0.05) is 25.7 Å². The van der Waals surface area contributed by atoms with Gasteiger partial charge in [0.25, 0.3) is 0 Å². The third-order valence-corrected chi connectivity index (χ3v) is 6.33. The molecule has 1 saturated heterocycles. The molecule has 1 aliphatic rings. The van der Waals surface area contributed by atoms with Crippen molar-refractivity contribution in [1.29, 1.82) is 0 Å². The fraction of sp³-hybridized carbons (Fsp3) is 0.625. The van der Waals surface area contributed by atoms with Gasteiger partial charge in [-0.05, 0) is 43.0 Å². The number of ether oxygens (including phenoxy) is 1. The average molecular weight is 363 g/mol. The zero-order valence-corrected chi connectivity index (χ0v) is 16.1. The number of benzene rings is 1. The second kappa shape index (κ2) is 7.83. The summed E-state index contributed by atoms with van der Waals surface area (Å²) < 4.78 is 33.1. The monoisotopic (exact) mass is 362 g/mol. The summed E-state index contributed by atoms with van der Waals surface area (Å²) in [5.74, 6) is 0.949. The van der Waals surface area contributed by atoms with Crippen LogP contribution in [0.4, 0.5) is 0 Å². The molecule has 23 heavy (non-hydrogen) atoms. The molecule has 5 nitrogen and oxygen atoms in total. The second-order valence-electron chi connectivity index (χ2n) is 6.18. The van der Waals surface area contributed by atoms with Crippen molar-refractivity contribution in [1.82, 2.24) is 9.62 Å². The molecular weight excluding hydrogens is 336 g/mol. The highest BCUT2D eigenvalue weighted by Gasteiger charge is 2.32. The Kier molecular flexibility index (Phi) is 6.89. The van der Waals surface area contributed by atoms with Crippen LogP contribution in [0.3, 0.4) is 0 Å². The number of rotatable bonds is 4. The van der Waals surface area contributed by atoms with Gasteiger partial charge in [0.05, 0.1) is 12.0 Å². The molecular formula is C16H27ClN2O3S. The van der Waals surface area contributed by atoms with Crippen molar-refractivity contribution < 1.29 is 13.2 Å². The van der Waals surface area contributed by atoms with Crippen molar-refractivity contribution in [2.45, 2.75) is 44.6 Å². The molecule has 7 heteroatoms. The molecule has 1 fully saturated rings. The van der Waals surface area contributed by atoms with Gasteiger partial charge in [-0.15, -0.1) is 12.4 Å². The van der Waals surface area contributed by atoms with Crippen LogP contribution in [0.25, 0.3) is 0 Å². The van der Waals surface area contributed by atoms with Crippen LogP contribution in [0.15, 0.2) is 17.0 Å². The molecule has 0 aliphatic carbocycles. The van der Waals surface area contributed by atoms with E-state index in [9.17, 15) is 8.42 Å². The van der Waals surface area contributed by atoms with E-state index >= 15 is 0 Å². The number of aryl methyl sites for hydroxylation is 1. The largest absolute Gasteiger partial charge is 0.496 e. The standard InChI is InChI=1S/C16H26N2O3S.ClH/c1-11(2)14-9-16(12(3)8-15(14)21-5)22(19,20)18-7-6-17-10-13(18)4;/h8-9,11,13,17H,6-7,10H2,1-5H3;1H. The third-order valence-electron chi connectivity index (χ3n) is 4.18. The van der Waals surface area contributed by atoms with Crippen LogP contribution >= 0.6 is 12.4 Å². The number of methoxy groups -OCH3 is 1. The second-order valence-corrected chi connectivity index (χ2v) is 8.04. The number of hydrogen-bond acceptors (Lipinski definition) is 4. The predicted molar refractivity (Wildman–Crippen MR) is 95.3 cm³/mol. The van der Waals surface area contributed by atoms with Crippen molar-refractivity contribution >= 4 is 22.4 Å². The first-order chi connectivity index (χ1) is 10.3. The Bertz CT molecular complexity index is 647. The highest BCUT2D eigenvalue weighted by atomic mass is 35.5. The first-order valence-electron chi connectivity index (χ1n) is 7.70. The van der Waals surface area contributed by atoms with Gasteiger partial charge in [0.1, 0.15) is 5.75 Å². The smallest absolute Gasteiger partial charge is 0.243 e. The van der Waals surface area contributed by atoms with E-state index in [0.717, 1.165) is 16.9 Å². The van der Waals surface area contributed by atoms with Crippen molar-refractivity contribution in [2.75, 3.05) is 26.7 Å². The first-order valence-corrected chi connectivity index (χ1v) is 9.14. The molecule has 2 rings (SSSR count). The van der Waals surface area contributed by atoms with Gasteiger partial charge in [-0.2, -0.15) is 4.31 Å². The van der Waals surface area contributed by atoms with Gasteiger partial charge in [0.15, 0.2) is 0 Å². The Morgan fingerprint density at radius 1 is 1.35 bits per heavy atom. The van der Waals surface area contributed by atoms with Crippen LogP contribution in [0.2, 0.25) is 0 Å². The van der Waals surface area contributed by atoms with Crippen molar-refractivity contribution in [3.63, 3.8) is 0 Å². The van der Waals surface area contributed by atoms with E-state index in [0.29, 0.717) is 24.5 Å². The Balaban J connectivity index is 0.00000264. The fourth-order valence-electron chi connectivity index (χ4n) is 2.89. The summed E-state index contributed by atoms with van der Waals surface area (Å²) in [6, 6.07) is 3.57. The molecule has 0 saturated carbocycles. The molecule has 0 radical (unpaired) electrons. The van der Waals surface area contributed by atoms with Gasteiger partial charge in [-0.1, -0.05) is 13.8 Å². The number of halogens is 1. The summed E-state index contributed by atoms with van der Waals surface area (Å²) in [5, 5.41) is 3.22. The average Bonchev–Trinajstić information content (AvgIpc) is 2.46. The van der Waals surface area contributed by atoms with Crippen LogP contribution in [0.1, 0.15) is 37.8 Å². The van der Waals surface area contributed by atoms with Gasteiger partial charge < -0.3 is 10.1 Å². The summed E-state index contributed by atoms with van der Waals surface area (Å²) in [5.41, 5.74) is 1.65. The van der Waals surface area contributed by atoms with Crippen LogP contribution in [-0.4, -0.2) is 45.5 Å². The molecule has 1 N–H and O–H groups in total. The zero-order valence-electron chi connectivity index (χ0n) is 14.4. The van der Waals surface area contributed by atoms with E-state index in [1.165, 1.54) is 0 Å². The molecule has 0 amide bonds. The van der Waals surface area contributed by atoms with Crippen LogP contribution < -0.4 is 10.1 Å². The molecule has 1 atom stereocenters. The maximum absolute atomic E-state index is 13.1. The molecule has 1 aliphatic heterocycles. The number of nitrogens with zero attached hydrogens (tertiary/aromatic N) is 1. The van der Waals surface area contributed by atoms with Gasteiger partial charge in [-0.3, -0.25) is 0 Å². The molecule has 1 aromatic carbocycles. The zero-order chi connectivity index (χ0) is 16.5. The summed E-state index contributed by atoms with van der Waals surface area (Å²) >= 11 is 0. The maximum Gasteiger partial charge on any atom is 0.243 e. The Hall–Kier alpha value is -0.820. The van der Waals surface area contributed by atoms with E-state index in [2.05, 4.69) is 5.32 Å².